The van der Waals surface area contributed by atoms with Gasteiger partial charge in [0.2, 0.25) is 0 Å². The van der Waals surface area contributed by atoms with Gasteiger partial charge in [0.05, 0.1) is 0 Å². The Labute approximate surface area is 128 Å². The summed E-state index contributed by atoms with van der Waals surface area (Å²) in [6, 6.07) is 6.80. The zero-order chi connectivity index (χ0) is 14.5. The molecule has 1 saturated heterocycles. The second kappa shape index (κ2) is 7.33. The van der Waals surface area contributed by atoms with Crippen molar-refractivity contribution in [2.24, 2.45) is 5.92 Å². The first kappa shape index (κ1) is 15.7. The molecule has 0 spiro atoms. The zero-order valence-electron chi connectivity index (χ0n) is 13.0. The van der Waals surface area contributed by atoms with E-state index in [1.165, 1.54) is 30.5 Å². The third-order valence-corrected chi connectivity index (χ3v) is 4.52. The lowest BCUT2D eigenvalue weighted by atomic mass is 9.93. The van der Waals surface area contributed by atoms with E-state index in [4.69, 9.17) is 11.6 Å². The lowest BCUT2D eigenvalue weighted by molar-refractivity contribution is 0.394. The van der Waals surface area contributed by atoms with Crippen molar-refractivity contribution in [2.75, 3.05) is 18.0 Å². The molecule has 1 aliphatic rings. The van der Waals surface area contributed by atoms with Crippen LogP contribution in [0.25, 0.3) is 0 Å². The molecule has 1 aliphatic heterocycles. The van der Waals surface area contributed by atoms with Crippen LogP contribution in [0.2, 0.25) is 5.02 Å². The maximum absolute atomic E-state index is 6.21. The largest absolute Gasteiger partial charge is 0.371 e. The topological polar surface area (TPSA) is 15.3 Å². The highest BCUT2D eigenvalue weighted by Gasteiger charge is 2.20. The summed E-state index contributed by atoms with van der Waals surface area (Å²) >= 11 is 6.21. The molecule has 112 valence electrons. The van der Waals surface area contributed by atoms with Crippen molar-refractivity contribution in [1.29, 1.82) is 0 Å². The Kier molecular flexibility index (Phi) is 5.74. The Morgan fingerprint density at radius 3 is 2.60 bits per heavy atom. The van der Waals surface area contributed by atoms with Crippen molar-refractivity contribution in [1.82, 2.24) is 5.32 Å². The second-order valence-corrected chi connectivity index (χ2v) is 6.58. The SMILES string of the molecule is CCC1CCN(c2cc(Cl)ccc2CNC(C)C)CC1. The molecule has 1 fully saturated rings. The van der Waals surface area contributed by atoms with E-state index in [0.717, 1.165) is 30.6 Å². The third kappa shape index (κ3) is 4.13. The van der Waals surface area contributed by atoms with Crippen molar-refractivity contribution in [3.8, 4) is 0 Å². The molecule has 2 rings (SSSR count). The van der Waals surface area contributed by atoms with Crippen LogP contribution in [0, 0.1) is 5.92 Å². The molecule has 0 unspecified atom stereocenters. The van der Waals surface area contributed by atoms with Gasteiger partial charge in [-0.2, -0.15) is 0 Å². The lowest BCUT2D eigenvalue weighted by Gasteiger charge is -2.34. The molecule has 2 nitrogen and oxygen atoms in total. The fraction of sp³-hybridized carbons (Fsp3) is 0.647. The summed E-state index contributed by atoms with van der Waals surface area (Å²) in [5, 5.41) is 4.35. The van der Waals surface area contributed by atoms with E-state index in [1.807, 2.05) is 6.07 Å². The van der Waals surface area contributed by atoms with E-state index < -0.39 is 0 Å². The smallest absolute Gasteiger partial charge is 0.0426 e. The molecule has 1 heterocycles. The van der Waals surface area contributed by atoms with E-state index >= 15 is 0 Å². The van der Waals surface area contributed by atoms with Crippen LogP contribution in [0.15, 0.2) is 18.2 Å². The van der Waals surface area contributed by atoms with Crippen molar-refractivity contribution in [3.05, 3.63) is 28.8 Å². The highest BCUT2D eigenvalue weighted by atomic mass is 35.5. The molecule has 0 saturated carbocycles. The monoisotopic (exact) mass is 294 g/mol. The van der Waals surface area contributed by atoms with Gasteiger partial charge in [-0.15, -0.1) is 0 Å². The molecule has 0 aliphatic carbocycles. The highest BCUT2D eigenvalue weighted by molar-refractivity contribution is 6.30. The average molecular weight is 295 g/mol. The molecule has 20 heavy (non-hydrogen) atoms. The van der Waals surface area contributed by atoms with Gasteiger partial charge in [-0.25, -0.2) is 0 Å². The first-order valence-electron chi connectivity index (χ1n) is 7.87. The van der Waals surface area contributed by atoms with Crippen LogP contribution in [0.3, 0.4) is 0 Å². The van der Waals surface area contributed by atoms with Gasteiger partial charge in [0, 0.05) is 36.4 Å². The van der Waals surface area contributed by atoms with Gasteiger partial charge in [0.1, 0.15) is 0 Å². The summed E-state index contributed by atoms with van der Waals surface area (Å²) in [6.45, 7) is 9.90. The number of hydrogen-bond acceptors (Lipinski definition) is 2. The molecule has 0 amide bonds. The molecule has 0 aromatic heterocycles. The summed E-state index contributed by atoms with van der Waals surface area (Å²) in [4.78, 5) is 2.51. The van der Waals surface area contributed by atoms with Gasteiger partial charge in [0.25, 0.3) is 0 Å². The fourth-order valence-electron chi connectivity index (χ4n) is 2.88. The molecule has 1 N–H and O–H groups in total. The quantitative estimate of drug-likeness (QED) is 0.862. The minimum Gasteiger partial charge on any atom is -0.371 e. The number of benzene rings is 1. The van der Waals surface area contributed by atoms with E-state index in [9.17, 15) is 0 Å². The average Bonchev–Trinajstić information content (AvgIpc) is 2.46. The van der Waals surface area contributed by atoms with E-state index in [2.05, 4.69) is 43.1 Å². The van der Waals surface area contributed by atoms with Crippen LogP contribution in [0.4, 0.5) is 5.69 Å². The minimum absolute atomic E-state index is 0.504. The van der Waals surface area contributed by atoms with Crippen LogP contribution >= 0.6 is 11.6 Å². The Balaban J connectivity index is 2.10. The highest BCUT2D eigenvalue weighted by Crippen LogP contribution is 2.30. The summed E-state index contributed by atoms with van der Waals surface area (Å²) in [7, 11) is 0. The van der Waals surface area contributed by atoms with Gasteiger partial charge in [-0.05, 0) is 36.5 Å². The second-order valence-electron chi connectivity index (χ2n) is 6.15. The van der Waals surface area contributed by atoms with Crippen LogP contribution in [-0.2, 0) is 6.54 Å². The van der Waals surface area contributed by atoms with E-state index in [1.54, 1.807) is 0 Å². The van der Waals surface area contributed by atoms with Gasteiger partial charge in [-0.3, -0.25) is 0 Å². The Morgan fingerprint density at radius 1 is 1.30 bits per heavy atom. The van der Waals surface area contributed by atoms with Crippen molar-refractivity contribution in [3.63, 3.8) is 0 Å². The molecule has 0 atom stereocenters. The first-order valence-corrected chi connectivity index (χ1v) is 8.24. The standard InChI is InChI=1S/C17H27ClN2/c1-4-14-7-9-20(10-8-14)17-11-16(18)6-5-15(17)12-19-13(2)3/h5-6,11,13-14,19H,4,7-10,12H2,1-3H3. The van der Waals surface area contributed by atoms with Crippen molar-refractivity contribution in [2.45, 2.75) is 52.6 Å². The molecular formula is C17H27ClN2. The van der Waals surface area contributed by atoms with Crippen LogP contribution in [0.5, 0.6) is 0 Å². The van der Waals surface area contributed by atoms with Gasteiger partial charge < -0.3 is 10.2 Å². The van der Waals surface area contributed by atoms with Crippen LogP contribution < -0.4 is 10.2 Å². The maximum atomic E-state index is 6.21. The summed E-state index contributed by atoms with van der Waals surface area (Å²) in [6.07, 6.45) is 3.92. The van der Waals surface area contributed by atoms with Crippen molar-refractivity contribution >= 4 is 17.3 Å². The third-order valence-electron chi connectivity index (χ3n) is 4.28. The first-order chi connectivity index (χ1) is 9.60. The summed E-state index contributed by atoms with van der Waals surface area (Å²) in [5.41, 5.74) is 2.68. The molecule has 3 heteroatoms. The lowest BCUT2D eigenvalue weighted by Crippen LogP contribution is -2.34. The zero-order valence-corrected chi connectivity index (χ0v) is 13.7. The minimum atomic E-state index is 0.504. The van der Waals surface area contributed by atoms with Gasteiger partial charge >= 0.3 is 0 Å². The molecular weight excluding hydrogens is 268 g/mol. The fourth-order valence-corrected chi connectivity index (χ4v) is 3.04. The van der Waals surface area contributed by atoms with E-state index in [0.29, 0.717) is 6.04 Å². The maximum Gasteiger partial charge on any atom is 0.0426 e. The number of halogens is 1. The van der Waals surface area contributed by atoms with E-state index in [-0.39, 0.29) is 0 Å². The Morgan fingerprint density at radius 2 is 2.00 bits per heavy atom. The van der Waals surface area contributed by atoms with Gasteiger partial charge in [0.15, 0.2) is 0 Å². The number of nitrogens with zero attached hydrogens (tertiary/aromatic N) is 1. The van der Waals surface area contributed by atoms with Gasteiger partial charge in [-0.1, -0.05) is 44.9 Å². The predicted molar refractivity (Wildman–Crippen MR) is 88.7 cm³/mol. The predicted octanol–water partition coefficient (Wildman–Crippen LogP) is 4.46. The van der Waals surface area contributed by atoms with Crippen LogP contribution in [0.1, 0.15) is 45.6 Å². The summed E-state index contributed by atoms with van der Waals surface area (Å²) in [5.74, 6) is 0.905. The number of nitrogens with one attached hydrogen (secondary N) is 1. The van der Waals surface area contributed by atoms with Crippen LogP contribution in [-0.4, -0.2) is 19.1 Å². The molecule has 1 aromatic rings. The number of piperidine rings is 1. The summed E-state index contributed by atoms with van der Waals surface area (Å²) < 4.78 is 0. The van der Waals surface area contributed by atoms with Crippen molar-refractivity contribution < 1.29 is 0 Å². The molecule has 0 radical (unpaired) electrons. The molecule has 1 aromatic carbocycles. The number of anilines is 1. The number of hydrogen-bond donors (Lipinski definition) is 1. The molecule has 0 bridgehead atoms. The normalized spacial score (nSPS) is 16.9. The number of rotatable bonds is 5. The Bertz CT molecular complexity index is 423. The Hall–Kier alpha value is -0.730.